The molecule has 1 N–H and O–H groups in total. The zero-order chi connectivity index (χ0) is 14.4. The summed E-state index contributed by atoms with van der Waals surface area (Å²) in [6, 6.07) is 19.8. The van der Waals surface area contributed by atoms with E-state index in [-0.39, 0.29) is 0 Å². The molecule has 2 nitrogen and oxygen atoms in total. The molecule has 2 aromatic rings. The fourth-order valence-corrected chi connectivity index (χ4v) is 2.39. The Labute approximate surface area is 122 Å². The van der Waals surface area contributed by atoms with Crippen LogP contribution in [0.2, 0.25) is 0 Å². The smallest absolute Gasteiger partial charge is 0.0426 e. The van der Waals surface area contributed by atoms with Crippen LogP contribution in [0, 0.1) is 0 Å². The van der Waals surface area contributed by atoms with E-state index in [1.807, 2.05) is 0 Å². The highest BCUT2D eigenvalue weighted by Crippen LogP contribution is 2.19. The first kappa shape index (κ1) is 14.6. The van der Waals surface area contributed by atoms with Crippen LogP contribution in [0.15, 0.2) is 54.6 Å². The van der Waals surface area contributed by atoms with Crippen molar-refractivity contribution in [3.05, 3.63) is 65.7 Å². The second-order valence-electron chi connectivity index (χ2n) is 5.21. The lowest BCUT2D eigenvalue weighted by Gasteiger charge is -2.21. The predicted molar refractivity (Wildman–Crippen MR) is 87.1 cm³/mol. The quantitative estimate of drug-likeness (QED) is 0.852. The highest BCUT2D eigenvalue weighted by molar-refractivity contribution is 5.47. The van der Waals surface area contributed by atoms with Crippen LogP contribution in [0.25, 0.3) is 0 Å². The van der Waals surface area contributed by atoms with Gasteiger partial charge in [-0.2, -0.15) is 0 Å². The van der Waals surface area contributed by atoms with Crippen molar-refractivity contribution in [2.24, 2.45) is 0 Å². The van der Waals surface area contributed by atoms with Crippen LogP contribution in [0.3, 0.4) is 0 Å². The summed E-state index contributed by atoms with van der Waals surface area (Å²) >= 11 is 0. The van der Waals surface area contributed by atoms with Crippen molar-refractivity contribution >= 4 is 5.69 Å². The molecule has 0 heterocycles. The Morgan fingerprint density at radius 3 is 2.25 bits per heavy atom. The maximum atomic E-state index is 3.44. The van der Waals surface area contributed by atoms with Gasteiger partial charge in [-0.05, 0) is 36.7 Å². The van der Waals surface area contributed by atoms with Gasteiger partial charge in [-0.1, -0.05) is 49.4 Å². The van der Waals surface area contributed by atoms with Gasteiger partial charge in [-0.25, -0.2) is 0 Å². The summed E-state index contributed by atoms with van der Waals surface area (Å²) in [5.74, 6) is 0. The normalized spacial score (nSPS) is 12.2. The van der Waals surface area contributed by atoms with Crippen molar-refractivity contribution < 1.29 is 0 Å². The summed E-state index contributed by atoms with van der Waals surface area (Å²) in [7, 11) is 2.13. The van der Waals surface area contributed by atoms with Gasteiger partial charge < -0.3 is 10.2 Å². The van der Waals surface area contributed by atoms with E-state index in [2.05, 4.69) is 85.7 Å². The van der Waals surface area contributed by atoms with Crippen LogP contribution in [0.4, 0.5) is 5.69 Å². The van der Waals surface area contributed by atoms with E-state index < -0.39 is 0 Å². The van der Waals surface area contributed by atoms with E-state index in [0.29, 0.717) is 6.04 Å². The molecule has 1 unspecified atom stereocenters. The SMILES string of the molecule is CCNC(C)c1ccc(N(C)Cc2ccccc2)cc1. The van der Waals surface area contributed by atoms with E-state index >= 15 is 0 Å². The number of nitrogens with one attached hydrogen (secondary N) is 1. The second kappa shape index (κ2) is 7.11. The molecule has 0 radical (unpaired) electrons. The average Bonchev–Trinajstić information content (AvgIpc) is 2.48. The lowest BCUT2D eigenvalue weighted by atomic mass is 10.1. The van der Waals surface area contributed by atoms with Crippen molar-refractivity contribution in [3.8, 4) is 0 Å². The molecule has 0 aliphatic carbocycles. The average molecular weight is 268 g/mol. The van der Waals surface area contributed by atoms with Gasteiger partial charge in [0.05, 0.1) is 0 Å². The molecule has 0 aromatic heterocycles. The molecule has 106 valence electrons. The predicted octanol–water partition coefficient (Wildman–Crippen LogP) is 3.99. The summed E-state index contributed by atoms with van der Waals surface area (Å²) < 4.78 is 0. The second-order valence-corrected chi connectivity index (χ2v) is 5.21. The fraction of sp³-hybridized carbons (Fsp3) is 0.333. The van der Waals surface area contributed by atoms with Gasteiger partial charge in [-0.15, -0.1) is 0 Å². The summed E-state index contributed by atoms with van der Waals surface area (Å²) in [4.78, 5) is 2.27. The summed E-state index contributed by atoms with van der Waals surface area (Å²) in [5, 5.41) is 3.44. The highest BCUT2D eigenvalue weighted by Gasteiger charge is 2.05. The van der Waals surface area contributed by atoms with Crippen LogP contribution in [0.5, 0.6) is 0 Å². The molecule has 2 aromatic carbocycles. The largest absolute Gasteiger partial charge is 0.370 e. The van der Waals surface area contributed by atoms with E-state index in [1.165, 1.54) is 16.8 Å². The number of nitrogens with zero attached hydrogens (tertiary/aromatic N) is 1. The van der Waals surface area contributed by atoms with Crippen molar-refractivity contribution in [1.29, 1.82) is 0 Å². The maximum Gasteiger partial charge on any atom is 0.0426 e. The molecule has 0 fully saturated rings. The van der Waals surface area contributed by atoms with Crippen molar-refractivity contribution in [3.63, 3.8) is 0 Å². The topological polar surface area (TPSA) is 15.3 Å². The number of rotatable bonds is 6. The maximum absolute atomic E-state index is 3.44. The Bertz CT molecular complexity index is 505. The van der Waals surface area contributed by atoms with E-state index in [9.17, 15) is 0 Å². The van der Waals surface area contributed by atoms with Gasteiger partial charge in [0.2, 0.25) is 0 Å². The molecule has 2 rings (SSSR count). The zero-order valence-electron chi connectivity index (χ0n) is 12.6. The molecular formula is C18H24N2. The van der Waals surface area contributed by atoms with Crippen LogP contribution in [-0.2, 0) is 6.54 Å². The third kappa shape index (κ3) is 3.84. The number of anilines is 1. The molecule has 20 heavy (non-hydrogen) atoms. The Kier molecular flexibility index (Phi) is 5.19. The minimum absolute atomic E-state index is 0.411. The van der Waals surface area contributed by atoms with Crippen LogP contribution in [0.1, 0.15) is 31.0 Å². The van der Waals surface area contributed by atoms with Crippen molar-refractivity contribution in [2.45, 2.75) is 26.4 Å². The molecule has 0 aliphatic heterocycles. The first-order valence-electron chi connectivity index (χ1n) is 7.29. The Morgan fingerprint density at radius 2 is 1.65 bits per heavy atom. The molecular weight excluding hydrogens is 244 g/mol. The molecule has 0 bridgehead atoms. The van der Waals surface area contributed by atoms with Gasteiger partial charge in [0, 0.05) is 25.3 Å². The number of hydrogen-bond donors (Lipinski definition) is 1. The lowest BCUT2D eigenvalue weighted by molar-refractivity contribution is 0.598. The Morgan fingerprint density at radius 1 is 1.00 bits per heavy atom. The molecule has 1 atom stereocenters. The molecule has 2 heteroatoms. The molecule has 0 amide bonds. The fourth-order valence-electron chi connectivity index (χ4n) is 2.39. The lowest BCUT2D eigenvalue weighted by Crippen LogP contribution is -2.18. The minimum atomic E-state index is 0.411. The standard InChI is InChI=1S/C18H24N2/c1-4-19-15(2)17-10-12-18(13-11-17)20(3)14-16-8-6-5-7-9-16/h5-13,15,19H,4,14H2,1-3H3. The van der Waals surface area contributed by atoms with Crippen LogP contribution < -0.4 is 10.2 Å². The van der Waals surface area contributed by atoms with Gasteiger partial charge in [-0.3, -0.25) is 0 Å². The Balaban J connectivity index is 2.02. The summed E-state index contributed by atoms with van der Waals surface area (Å²) in [6.45, 7) is 6.27. The molecule has 0 saturated carbocycles. The Hall–Kier alpha value is -1.80. The van der Waals surface area contributed by atoms with Gasteiger partial charge >= 0.3 is 0 Å². The number of benzene rings is 2. The van der Waals surface area contributed by atoms with E-state index in [0.717, 1.165) is 13.1 Å². The van der Waals surface area contributed by atoms with Gasteiger partial charge in [0.25, 0.3) is 0 Å². The van der Waals surface area contributed by atoms with Gasteiger partial charge in [0.1, 0.15) is 0 Å². The first-order valence-corrected chi connectivity index (χ1v) is 7.29. The van der Waals surface area contributed by atoms with E-state index in [1.54, 1.807) is 0 Å². The van der Waals surface area contributed by atoms with Crippen LogP contribution in [-0.4, -0.2) is 13.6 Å². The highest BCUT2D eigenvalue weighted by atomic mass is 15.1. The molecule has 0 saturated heterocycles. The minimum Gasteiger partial charge on any atom is -0.370 e. The van der Waals surface area contributed by atoms with Crippen LogP contribution >= 0.6 is 0 Å². The zero-order valence-corrected chi connectivity index (χ0v) is 12.6. The summed E-state index contributed by atoms with van der Waals surface area (Å²) in [6.07, 6.45) is 0. The van der Waals surface area contributed by atoms with Gasteiger partial charge in [0.15, 0.2) is 0 Å². The molecule has 0 spiro atoms. The summed E-state index contributed by atoms with van der Waals surface area (Å²) in [5.41, 5.74) is 3.92. The first-order chi connectivity index (χ1) is 9.70. The third-order valence-electron chi connectivity index (χ3n) is 3.61. The van der Waals surface area contributed by atoms with Crippen molar-refractivity contribution in [2.75, 3.05) is 18.5 Å². The number of hydrogen-bond acceptors (Lipinski definition) is 2. The monoisotopic (exact) mass is 268 g/mol. The third-order valence-corrected chi connectivity index (χ3v) is 3.61. The molecule has 0 aliphatic rings. The van der Waals surface area contributed by atoms with E-state index in [4.69, 9.17) is 0 Å². The van der Waals surface area contributed by atoms with Crippen molar-refractivity contribution in [1.82, 2.24) is 5.32 Å².